The first-order chi connectivity index (χ1) is 16.3. The fourth-order valence-corrected chi connectivity index (χ4v) is 3.70. The number of aliphatic hydroxyl groups is 1. The molecule has 2 aromatic heterocycles. The van der Waals surface area contributed by atoms with E-state index in [4.69, 9.17) is 4.74 Å². The van der Waals surface area contributed by atoms with E-state index in [1.807, 2.05) is 0 Å². The number of imidazole rings is 1. The Morgan fingerprint density at radius 1 is 1.29 bits per heavy atom. The fraction of sp³-hybridized carbons (Fsp3) is 0.619. The maximum absolute atomic E-state index is 13.1. The second kappa shape index (κ2) is 9.74. The predicted octanol–water partition coefficient (Wildman–Crippen LogP) is -0.220. The van der Waals surface area contributed by atoms with Crippen molar-refractivity contribution in [2.75, 3.05) is 31.1 Å². The molecule has 3 rings (SSSR count). The summed E-state index contributed by atoms with van der Waals surface area (Å²) in [6.45, 7) is 5.05. The lowest BCUT2D eigenvalue weighted by Crippen LogP contribution is -2.55. The van der Waals surface area contributed by atoms with E-state index < -0.39 is 35.0 Å². The Morgan fingerprint density at radius 2 is 1.97 bits per heavy atom. The van der Waals surface area contributed by atoms with Crippen LogP contribution in [0.3, 0.4) is 0 Å². The number of nitrogens with zero attached hydrogens (tertiary/aromatic N) is 5. The third kappa shape index (κ3) is 5.20. The molecule has 1 unspecified atom stereocenters. The van der Waals surface area contributed by atoms with Crippen LogP contribution in [0.15, 0.2) is 9.59 Å². The van der Waals surface area contributed by atoms with Gasteiger partial charge in [0.2, 0.25) is 5.95 Å². The monoisotopic (exact) mass is 500 g/mol. The van der Waals surface area contributed by atoms with Gasteiger partial charge in [-0.15, -0.1) is 5.92 Å². The van der Waals surface area contributed by atoms with Crippen molar-refractivity contribution in [2.45, 2.75) is 46.3 Å². The van der Waals surface area contributed by atoms with Gasteiger partial charge in [-0.3, -0.25) is 18.5 Å². The first-order valence-electron chi connectivity index (χ1n) is 10.8. The van der Waals surface area contributed by atoms with Crippen LogP contribution in [0.4, 0.5) is 19.1 Å². The number of piperazine rings is 1. The van der Waals surface area contributed by atoms with Crippen LogP contribution in [-0.2, 0) is 29.7 Å². The number of carbonyl (C=O) groups is 1. The smallest absolute Gasteiger partial charge is 0.433 e. The number of fused-ring (bicyclic) bond motifs is 1. The minimum Gasteiger partial charge on any atom is -0.433 e. The van der Waals surface area contributed by atoms with E-state index in [9.17, 15) is 32.7 Å². The number of hydrogen-bond acceptors (Lipinski definition) is 8. The SMILES string of the molecule is CC#CCn1c(N2CCNCC2OC(=O)C(F)(F)F)nc2c1c(=O)n(C)c(=O)n2CC(C)(C)CO. The topological polar surface area (TPSA) is 124 Å². The summed E-state index contributed by atoms with van der Waals surface area (Å²) in [5.41, 5.74) is -2.08. The van der Waals surface area contributed by atoms with Crippen molar-refractivity contribution >= 4 is 23.1 Å². The van der Waals surface area contributed by atoms with E-state index in [1.54, 1.807) is 20.8 Å². The lowest BCUT2D eigenvalue weighted by Gasteiger charge is -2.36. The number of alkyl halides is 3. The maximum Gasteiger partial charge on any atom is 0.491 e. The number of aliphatic hydroxyl groups excluding tert-OH is 1. The minimum absolute atomic E-state index is 0.00745. The van der Waals surface area contributed by atoms with Crippen LogP contribution in [0.25, 0.3) is 11.2 Å². The molecule has 0 aromatic carbocycles. The van der Waals surface area contributed by atoms with Crippen LogP contribution in [0, 0.1) is 17.3 Å². The largest absolute Gasteiger partial charge is 0.491 e. The van der Waals surface area contributed by atoms with Gasteiger partial charge in [0.1, 0.15) is 0 Å². The average Bonchev–Trinajstić information content (AvgIpc) is 3.18. The molecule has 14 heteroatoms. The van der Waals surface area contributed by atoms with E-state index in [-0.39, 0.29) is 49.9 Å². The number of nitrogens with one attached hydrogen (secondary N) is 1. The van der Waals surface area contributed by atoms with Gasteiger partial charge in [0.25, 0.3) is 5.56 Å². The molecule has 0 saturated carbocycles. The molecule has 2 aromatic rings. The molecular formula is C21H27F3N6O5. The summed E-state index contributed by atoms with van der Waals surface area (Å²) in [4.78, 5) is 43.5. The van der Waals surface area contributed by atoms with Gasteiger partial charge in [0.15, 0.2) is 17.4 Å². The molecule has 0 spiro atoms. The van der Waals surface area contributed by atoms with Crippen LogP contribution in [-0.4, -0.2) is 68.4 Å². The van der Waals surface area contributed by atoms with Crippen molar-refractivity contribution in [2.24, 2.45) is 12.5 Å². The zero-order valence-electron chi connectivity index (χ0n) is 19.8. The summed E-state index contributed by atoms with van der Waals surface area (Å²) in [5, 5.41) is 12.6. The highest BCUT2D eigenvalue weighted by Gasteiger charge is 2.44. The lowest BCUT2D eigenvalue weighted by molar-refractivity contribution is -0.205. The highest BCUT2D eigenvalue weighted by atomic mass is 19.4. The molecular weight excluding hydrogens is 473 g/mol. The Bertz CT molecular complexity index is 1300. The molecule has 3 heterocycles. The van der Waals surface area contributed by atoms with Crippen LogP contribution >= 0.6 is 0 Å². The van der Waals surface area contributed by atoms with Crippen molar-refractivity contribution in [1.82, 2.24) is 24.0 Å². The van der Waals surface area contributed by atoms with E-state index in [0.29, 0.717) is 6.54 Å². The molecule has 1 fully saturated rings. The number of anilines is 1. The molecule has 1 aliphatic rings. The number of hydrogen-bond donors (Lipinski definition) is 2. The van der Waals surface area contributed by atoms with Crippen LogP contribution in [0.1, 0.15) is 20.8 Å². The molecule has 35 heavy (non-hydrogen) atoms. The van der Waals surface area contributed by atoms with E-state index in [2.05, 4.69) is 22.1 Å². The summed E-state index contributed by atoms with van der Waals surface area (Å²) in [6, 6.07) is 0. The standard InChI is InChI=1S/C21H27F3N6O5/c1-5-6-8-29-14-15(30(11-20(2,3)12-31)19(34)27(4)16(14)32)26-18(29)28-9-7-25-10-13(28)35-17(33)21(22,23)24/h13,25,31H,7-12H2,1-4H3. The highest BCUT2D eigenvalue weighted by Crippen LogP contribution is 2.26. The molecule has 0 amide bonds. The lowest BCUT2D eigenvalue weighted by atomic mass is 9.95. The number of halogens is 3. The van der Waals surface area contributed by atoms with E-state index >= 15 is 0 Å². The van der Waals surface area contributed by atoms with Crippen LogP contribution in [0.2, 0.25) is 0 Å². The van der Waals surface area contributed by atoms with Crippen molar-refractivity contribution in [3.8, 4) is 11.8 Å². The summed E-state index contributed by atoms with van der Waals surface area (Å²) in [7, 11) is 1.30. The Hall–Kier alpha value is -3.31. The summed E-state index contributed by atoms with van der Waals surface area (Å²) in [6.07, 6.45) is -6.57. The van der Waals surface area contributed by atoms with Gasteiger partial charge in [-0.1, -0.05) is 19.8 Å². The molecule has 1 aliphatic heterocycles. The Labute approximate surface area is 198 Å². The number of carbonyl (C=O) groups excluding carboxylic acids is 1. The molecule has 0 aliphatic carbocycles. The second-order valence-electron chi connectivity index (χ2n) is 8.91. The number of ether oxygens (including phenoxy) is 1. The normalized spacial score (nSPS) is 16.8. The second-order valence-corrected chi connectivity index (χ2v) is 8.91. The van der Waals surface area contributed by atoms with Gasteiger partial charge in [0, 0.05) is 38.7 Å². The van der Waals surface area contributed by atoms with Gasteiger partial charge in [-0.2, -0.15) is 18.2 Å². The zero-order chi connectivity index (χ0) is 26.1. The molecule has 11 nitrogen and oxygen atoms in total. The molecule has 0 bridgehead atoms. The van der Waals surface area contributed by atoms with Gasteiger partial charge in [0.05, 0.1) is 13.1 Å². The first kappa shape index (κ1) is 26.3. The summed E-state index contributed by atoms with van der Waals surface area (Å²) in [5.74, 6) is 3.18. The number of esters is 1. The molecule has 1 saturated heterocycles. The van der Waals surface area contributed by atoms with Crippen LogP contribution in [0.5, 0.6) is 0 Å². The molecule has 2 N–H and O–H groups in total. The number of rotatable bonds is 6. The summed E-state index contributed by atoms with van der Waals surface area (Å²) < 4.78 is 46.9. The first-order valence-corrected chi connectivity index (χ1v) is 10.8. The predicted molar refractivity (Wildman–Crippen MR) is 120 cm³/mol. The molecule has 0 radical (unpaired) electrons. The van der Waals surface area contributed by atoms with E-state index in [1.165, 1.54) is 21.1 Å². The third-order valence-electron chi connectivity index (χ3n) is 5.57. The molecule has 1 atom stereocenters. The Kier molecular flexibility index (Phi) is 7.32. The minimum atomic E-state index is -5.19. The van der Waals surface area contributed by atoms with Crippen molar-refractivity contribution in [1.29, 1.82) is 0 Å². The highest BCUT2D eigenvalue weighted by molar-refractivity contribution is 5.77. The number of aromatic nitrogens is 4. The molecule has 192 valence electrons. The van der Waals surface area contributed by atoms with Crippen molar-refractivity contribution in [3.63, 3.8) is 0 Å². The van der Waals surface area contributed by atoms with Crippen molar-refractivity contribution in [3.05, 3.63) is 20.8 Å². The average molecular weight is 500 g/mol. The van der Waals surface area contributed by atoms with Gasteiger partial charge < -0.3 is 20.1 Å². The van der Waals surface area contributed by atoms with Crippen molar-refractivity contribution < 1.29 is 27.8 Å². The fourth-order valence-electron chi connectivity index (χ4n) is 3.70. The van der Waals surface area contributed by atoms with Gasteiger partial charge in [-0.05, 0) is 6.92 Å². The third-order valence-corrected chi connectivity index (χ3v) is 5.57. The Morgan fingerprint density at radius 3 is 2.57 bits per heavy atom. The maximum atomic E-state index is 13.1. The Balaban J connectivity index is 2.27. The van der Waals surface area contributed by atoms with Gasteiger partial charge in [-0.25, -0.2) is 9.59 Å². The summed E-state index contributed by atoms with van der Waals surface area (Å²) >= 11 is 0. The van der Waals surface area contributed by atoms with E-state index in [0.717, 1.165) is 4.57 Å². The van der Waals surface area contributed by atoms with Crippen LogP contribution < -0.4 is 21.5 Å². The van der Waals surface area contributed by atoms with Gasteiger partial charge >= 0.3 is 17.8 Å². The zero-order valence-corrected chi connectivity index (χ0v) is 19.8. The quantitative estimate of drug-likeness (QED) is 0.412.